The van der Waals surface area contributed by atoms with Gasteiger partial charge in [-0.2, -0.15) is 0 Å². The molecule has 0 aromatic heterocycles. The van der Waals surface area contributed by atoms with Gasteiger partial charge in [-0.05, 0) is 36.6 Å². The van der Waals surface area contributed by atoms with E-state index in [2.05, 4.69) is 5.32 Å². The van der Waals surface area contributed by atoms with Crippen LogP contribution in [0.25, 0.3) is 0 Å². The van der Waals surface area contributed by atoms with Gasteiger partial charge in [-0.1, -0.05) is 18.2 Å². The summed E-state index contributed by atoms with van der Waals surface area (Å²) in [6, 6.07) is 9.88. The molecular weight excluding hydrogens is 349 g/mol. The van der Waals surface area contributed by atoms with E-state index in [1.165, 1.54) is 18.2 Å². The molecule has 0 radical (unpaired) electrons. The van der Waals surface area contributed by atoms with Crippen LogP contribution in [0.5, 0.6) is 0 Å². The Morgan fingerprint density at radius 1 is 1.24 bits per heavy atom. The molecule has 1 fully saturated rings. The Hall–Kier alpha value is -2.52. The van der Waals surface area contributed by atoms with Gasteiger partial charge in [0.05, 0.1) is 9.82 Å². The molecule has 0 aliphatic heterocycles. The van der Waals surface area contributed by atoms with Gasteiger partial charge in [0.2, 0.25) is 10.0 Å². The third kappa shape index (κ3) is 3.47. The summed E-state index contributed by atoms with van der Waals surface area (Å²) in [6.45, 7) is 0.309. The van der Waals surface area contributed by atoms with Crippen LogP contribution in [-0.2, 0) is 15.4 Å². The summed E-state index contributed by atoms with van der Waals surface area (Å²) in [5.74, 6) is -0.305. The predicted octanol–water partition coefficient (Wildman–Crippen LogP) is 2.53. The fraction of sp³-hybridized carbons (Fsp3) is 0.250. The van der Waals surface area contributed by atoms with Crippen LogP contribution >= 0.6 is 0 Å². The number of anilines is 1. The number of primary sulfonamides is 1. The number of nitro benzene ring substituents is 1. The van der Waals surface area contributed by atoms with Crippen molar-refractivity contribution >= 4 is 21.4 Å². The molecule has 1 saturated carbocycles. The number of nitrogens with two attached hydrogens (primary N) is 1. The molecule has 1 aliphatic carbocycles. The maximum atomic E-state index is 14.0. The van der Waals surface area contributed by atoms with E-state index in [-0.39, 0.29) is 16.4 Å². The number of benzene rings is 2. The van der Waals surface area contributed by atoms with E-state index in [1.54, 1.807) is 18.2 Å². The molecule has 0 spiro atoms. The van der Waals surface area contributed by atoms with Crippen molar-refractivity contribution < 1.29 is 17.7 Å². The molecule has 2 aromatic rings. The van der Waals surface area contributed by atoms with Crippen molar-refractivity contribution in [3.05, 3.63) is 64.0 Å². The van der Waals surface area contributed by atoms with Crippen LogP contribution < -0.4 is 10.5 Å². The lowest BCUT2D eigenvalue weighted by Gasteiger charge is -2.18. The second-order valence-corrected chi connectivity index (χ2v) is 7.66. The highest BCUT2D eigenvalue weighted by Gasteiger charge is 2.45. The Kier molecular flexibility index (Phi) is 4.21. The Balaban J connectivity index is 1.87. The number of halogens is 1. The van der Waals surface area contributed by atoms with Crippen LogP contribution in [0.4, 0.5) is 15.8 Å². The molecule has 0 saturated heterocycles. The van der Waals surface area contributed by atoms with E-state index < -0.39 is 26.0 Å². The van der Waals surface area contributed by atoms with Crippen molar-refractivity contribution in [2.45, 2.75) is 23.2 Å². The zero-order chi connectivity index (χ0) is 18.2. The minimum Gasteiger partial charge on any atom is -0.379 e. The van der Waals surface area contributed by atoms with Crippen LogP contribution in [0.2, 0.25) is 0 Å². The Morgan fingerprint density at radius 2 is 1.92 bits per heavy atom. The van der Waals surface area contributed by atoms with Crippen molar-refractivity contribution in [2.75, 3.05) is 11.9 Å². The number of sulfonamides is 1. The maximum absolute atomic E-state index is 14.0. The Labute approximate surface area is 143 Å². The molecule has 0 unspecified atom stereocenters. The standard InChI is InChI=1S/C16H16FN3O4S/c17-13-4-2-1-3-12(13)16(7-8-16)10-19-14-6-5-11(25(18,23)24)9-15(14)20(21)22/h1-6,9,19H,7-8,10H2,(H2,18,23,24). The first-order valence-electron chi connectivity index (χ1n) is 7.53. The van der Waals surface area contributed by atoms with Gasteiger partial charge < -0.3 is 5.32 Å². The van der Waals surface area contributed by atoms with Gasteiger partial charge in [-0.25, -0.2) is 17.9 Å². The summed E-state index contributed by atoms with van der Waals surface area (Å²) in [4.78, 5) is 10.2. The highest BCUT2D eigenvalue weighted by Crippen LogP contribution is 2.49. The molecule has 7 nitrogen and oxygen atoms in total. The van der Waals surface area contributed by atoms with Crippen molar-refractivity contribution in [3.8, 4) is 0 Å². The molecule has 0 atom stereocenters. The van der Waals surface area contributed by atoms with Gasteiger partial charge in [0, 0.05) is 18.0 Å². The van der Waals surface area contributed by atoms with Crippen molar-refractivity contribution in [1.29, 1.82) is 0 Å². The molecule has 25 heavy (non-hydrogen) atoms. The van der Waals surface area contributed by atoms with Gasteiger partial charge in [-0.15, -0.1) is 0 Å². The number of hydrogen-bond acceptors (Lipinski definition) is 5. The monoisotopic (exact) mass is 365 g/mol. The SMILES string of the molecule is NS(=O)(=O)c1ccc(NCC2(c3ccccc3F)CC2)c([N+](=O)[O-])c1. The normalized spacial score (nSPS) is 15.6. The lowest BCUT2D eigenvalue weighted by Crippen LogP contribution is -2.21. The van der Waals surface area contributed by atoms with Crippen LogP contribution in [0, 0.1) is 15.9 Å². The molecule has 2 aromatic carbocycles. The smallest absolute Gasteiger partial charge is 0.293 e. The molecule has 0 amide bonds. The second kappa shape index (κ2) is 6.08. The van der Waals surface area contributed by atoms with Crippen molar-refractivity contribution in [3.63, 3.8) is 0 Å². The predicted molar refractivity (Wildman–Crippen MR) is 90.3 cm³/mol. The van der Waals surface area contributed by atoms with Crippen LogP contribution in [0.3, 0.4) is 0 Å². The minimum atomic E-state index is -4.04. The van der Waals surface area contributed by atoms with Gasteiger partial charge in [0.25, 0.3) is 5.69 Å². The number of hydrogen-bond donors (Lipinski definition) is 2. The first-order chi connectivity index (χ1) is 11.7. The van der Waals surface area contributed by atoms with E-state index in [4.69, 9.17) is 5.14 Å². The van der Waals surface area contributed by atoms with Gasteiger partial charge in [-0.3, -0.25) is 10.1 Å². The van der Waals surface area contributed by atoms with E-state index in [0.717, 1.165) is 18.9 Å². The zero-order valence-corrected chi connectivity index (χ0v) is 13.9. The quantitative estimate of drug-likeness (QED) is 0.603. The number of nitrogens with zero attached hydrogens (tertiary/aromatic N) is 1. The maximum Gasteiger partial charge on any atom is 0.293 e. The summed E-state index contributed by atoms with van der Waals surface area (Å²) >= 11 is 0. The van der Waals surface area contributed by atoms with Crippen LogP contribution in [-0.4, -0.2) is 19.9 Å². The molecule has 0 bridgehead atoms. The summed E-state index contributed by atoms with van der Waals surface area (Å²) in [5.41, 5.74) is -0.0557. The molecule has 0 heterocycles. The molecule has 132 valence electrons. The summed E-state index contributed by atoms with van der Waals surface area (Å²) in [5, 5.41) is 19.2. The molecule has 3 N–H and O–H groups in total. The lowest BCUT2D eigenvalue weighted by molar-refractivity contribution is -0.384. The molecule has 1 aliphatic rings. The van der Waals surface area contributed by atoms with Gasteiger partial charge >= 0.3 is 0 Å². The summed E-state index contributed by atoms with van der Waals surface area (Å²) < 4.78 is 36.7. The van der Waals surface area contributed by atoms with Gasteiger partial charge in [0.15, 0.2) is 0 Å². The highest BCUT2D eigenvalue weighted by molar-refractivity contribution is 7.89. The largest absolute Gasteiger partial charge is 0.379 e. The first kappa shape index (κ1) is 17.3. The van der Waals surface area contributed by atoms with E-state index in [1.807, 2.05) is 0 Å². The fourth-order valence-corrected chi connectivity index (χ4v) is 3.37. The first-order valence-corrected chi connectivity index (χ1v) is 9.08. The number of nitrogens with one attached hydrogen (secondary N) is 1. The van der Waals surface area contributed by atoms with E-state index >= 15 is 0 Å². The second-order valence-electron chi connectivity index (χ2n) is 6.09. The summed E-state index contributed by atoms with van der Waals surface area (Å²) in [6.07, 6.45) is 1.54. The van der Waals surface area contributed by atoms with Gasteiger partial charge in [0.1, 0.15) is 11.5 Å². The van der Waals surface area contributed by atoms with Crippen molar-refractivity contribution in [2.24, 2.45) is 5.14 Å². The molecule has 9 heteroatoms. The molecular formula is C16H16FN3O4S. The topological polar surface area (TPSA) is 115 Å². The van der Waals surface area contributed by atoms with Crippen LogP contribution in [0.1, 0.15) is 18.4 Å². The Morgan fingerprint density at radius 3 is 2.48 bits per heavy atom. The number of rotatable bonds is 6. The van der Waals surface area contributed by atoms with E-state index in [0.29, 0.717) is 12.1 Å². The average Bonchev–Trinajstić information content (AvgIpc) is 3.33. The van der Waals surface area contributed by atoms with Crippen molar-refractivity contribution in [1.82, 2.24) is 0 Å². The third-order valence-electron chi connectivity index (χ3n) is 4.41. The average molecular weight is 365 g/mol. The zero-order valence-electron chi connectivity index (χ0n) is 13.1. The minimum absolute atomic E-state index is 0.167. The fourth-order valence-electron chi connectivity index (χ4n) is 2.84. The Bertz CT molecular complexity index is 942. The van der Waals surface area contributed by atoms with Crippen LogP contribution in [0.15, 0.2) is 47.4 Å². The third-order valence-corrected chi connectivity index (χ3v) is 5.32. The number of nitro groups is 1. The van der Waals surface area contributed by atoms with E-state index in [9.17, 15) is 22.9 Å². The highest BCUT2D eigenvalue weighted by atomic mass is 32.2. The lowest BCUT2D eigenvalue weighted by atomic mass is 9.95. The summed E-state index contributed by atoms with van der Waals surface area (Å²) in [7, 11) is -4.04. The molecule has 3 rings (SSSR count).